The van der Waals surface area contributed by atoms with Crippen LogP contribution >= 0.6 is 0 Å². The third-order valence-electron chi connectivity index (χ3n) is 2.38. The molecule has 4 heteroatoms. The number of hydrazine groups is 1. The van der Waals surface area contributed by atoms with Gasteiger partial charge in [0.2, 0.25) is 0 Å². The Morgan fingerprint density at radius 2 is 1.85 bits per heavy atom. The van der Waals surface area contributed by atoms with E-state index in [0.717, 1.165) is 0 Å². The normalized spacial score (nSPS) is 13.2. The lowest BCUT2D eigenvalue weighted by atomic mass is 9.94. The molecular formula is C9H21N3O. The first-order valence-corrected chi connectivity index (χ1v) is 4.71. The van der Waals surface area contributed by atoms with Gasteiger partial charge in [-0.05, 0) is 19.8 Å². The van der Waals surface area contributed by atoms with Crippen LogP contribution in [0.3, 0.4) is 0 Å². The minimum Gasteiger partial charge on any atom is -0.398 e. The molecule has 0 aromatic heterocycles. The van der Waals surface area contributed by atoms with Gasteiger partial charge in [0.25, 0.3) is 0 Å². The lowest BCUT2D eigenvalue weighted by Crippen LogP contribution is -2.37. The van der Waals surface area contributed by atoms with E-state index >= 15 is 0 Å². The maximum absolute atomic E-state index is 9.97. The highest BCUT2D eigenvalue weighted by molar-refractivity contribution is 5.11. The predicted octanol–water partition coefficient (Wildman–Crippen LogP) is 0.533. The third-order valence-corrected chi connectivity index (χ3v) is 2.38. The van der Waals surface area contributed by atoms with E-state index in [0.29, 0.717) is 25.1 Å². The minimum atomic E-state index is -0.910. The fourth-order valence-corrected chi connectivity index (χ4v) is 1.05. The van der Waals surface area contributed by atoms with E-state index in [4.69, 9.17) is 11.6 Å². The molecule has 0 heterocycles. The average molecular weight is 187 g/mol. The predicted molar refractivity (Wildman–Crippen MR) is 54.4 cm³/mol. The van der Waals surface area contributed by atoms with E-state index in [1.807, 2.05) is 20.8 Å². The highest BCUT2D eigenvalue weighted by atomic mass is 16.3. The first-order chi connectivity index (χ1) is 6.00. The second kappa shape index (κ2) is 5.09. The molecule has 0 saturated carbocycles. The minimum absolute atomic E-state index is 0.432. The number of hydrogen-bond donors (Lipinski definition) is 3. The van der Waals surface area contributed by atoms with Crippen LogP contribution in [0, 0.1) is 0 Å². The zero-order valence-electron chi connectivity index (χ0n) is 8.75. The van der Waals surface area contributed by atoms with E-state index in [2.05, 4.69) is 0 Å². The molecule has 0 aliphatic rings. The van der Waals surface area contributed by atoms with Gasteiger partial charge in [0.1, 0.15) is 5.60 Å². The average Bonchev–Trinajstić information content (AvgIpc) is 2.16. The summed E-state index contributed by atoms with van der Waals surface area (Å²) in [6.45, 7) is 6.39. The van der Waals surface area contributed by atoms with Gasteiger partial charge in [-0.2, -0.15) is 0 Å². The largest absolute Gasteiger partial charge is 0.398 e. The smallest absolute Gasteiger partial charge is 0.105 e. The monoisotopic (exact) mass is 187 g/mol. The Morgan fingerprint density at radius 1 is 1.38 bits per heavy atom. The Morgan fingerprint density at radius 3 is 2.15 bits per heavy atom. The first-order valence-electron chi connectivity index (χ1n) is 4.71. The molecule has 0 aromatic carbocycles. The molecule has 5 N–H and O–H groups in total. The molecule has 13 heavy (non-hydrogen) atoms. The summed E-state index contributed by atoms with van der Waals surface area (Å²) in [4.78, 5) is 0. The van der Waals surface area contributed by atoms with Crippen molar-refractivity contribution in [2.45, 2.75) is 39.2 Å². The highest BCUT2D eigenvalue weighted by Gasteiger charge is 2.25. The highest BCUT2D eigenvalue weighted by Crippen LogP contribution is 2.20. The number of nitrogens with two attached hydrogens (primary N) is 2. The SMILES string of the molecule is CCN(N)/C=C(\N)C(O)(CC)CC. The van der Waals surface area contributed by atoms with Crippen molar-refractivity contribution in [3.05, 3.63) is 11.9 Å². The van der Waals surface area contributed by atoms with Crippen molar-refractivity contribution in [2.75, 3.05) is 6.54 Å². The molecule has 0 spiro atoms. The Labute approximate surface area is 80.2 Å². The Balaban J connectivity index is 4.53. The summed E-state index contributed by atoms with van der Waals surface area (Å²) >= 11 is 0. The quantitative estimate of drug-likeness (QED) is 0.433. The van der Waals surface area contributed by atoms with Gasteiger partial charge in [-0.1, -0.05) is 13.8 Å². The fraction of sp³-hybridized carbons (Fsp3) is 0.778. The molecular weight excluding hydrogens is 166 g/mol. The zero-order valence-corrected chi connectivity index (χ0v) is 8.75. The van der Waals surface area contributed by atoms with Gasteiger partial charge in [0, 0.05) is 12.7 Å². The molecule has 0 aliphatic heterocycles. The van der Waals surface area contributed by atoms with Crippen molar-refractivity contribution in [1.29, 1.82) is 0 Å². The summed E-state index contributed by atoms with van der Waals surface area (Å²) in [7, 11) is 0. The van der Waals surface area contributed by atoms with Crippen LogP contribution in [0.25, 0.3) is 0 Å². The summed E-state index contributed by atoms with van der Waals surface area (Å²) in [5.74, 6) is 5.55. The number of nitrogens with zero attached hydrogens (tertiary/aromatic N) is 1. The van der Waals surface area contributed by atoms with Gasteiger partial charge in [-0.25, -0.2) is 5.84 Å². The summed E-state index contributed by atoms with van der Waals surface area (Å²) in [6, 6.07) is 0. The molecule has 0 saturated heterocycles. The van der Waals surface area contributed by atoms with E-state index in [1.165, 1.54) is 5.01 Å². The number of aliphatic hydroxyl groups is 1. The van der Waals surface area contributed by atoms with Crippen molar-refractivity contribution >= 4 is 0 Å². The number of hydrogen-bond acceptors (Lipinski definition) is 4. The lowest BCUT2D eigenvalue weighted by molar-refractivity contribution is 0.0665. The van der Waals surface area contributed by atoms with Crippen LogP contribution < -0.4 is 11.6 Å². The standard InChI is InChI=1S/C9H21N3O/c1-4-9(13,5-2)8(10)7-12(11)6-3/h7,13H,4-6,10-11H2,1-3H3/b8-7-. The van der Waals surface area contributed by atoms with Crippen LogP contribution in [0.4, 0.5) is 0 Å². The van der Waals surface area contributed by atoms with Gasteiger partial charge >= 0.3 is 0 Å². The molecule has 0 radical (unpaired) electrons. The van der Waals surface area contributed by atoms with E-state index in [9.17, 15) is 5.11 Å². The fourth-order valence-electron chi connectivity index (χ4n) is 1.05. The second-order valence-corrected chi connectivity index (χ2v) is 3.15. The van der Waals surface area contributed by atoms with Crippen molar-refractivity contribution < 1.29 is 5.11 Å². The van der Waals surface area contributed by atoms with Crippen molar-refractivity contribution in [2.24, 2.45) is 11.6 Å². The summed E-state index contributed by atoms with van der Waals surface area (Å²) in [5, 5.41) is 11.4. The second-order valence-electron chi connectivity index (χ2n) is 3.15. The summed E-state index contributed by atoms with van der Waals surface area (Å²) in [6.07, 6.45) is 2.79. The summed E-state index contributed by atoms with van der Waals surface area (Å²) in [5.41, 5.74) is 5.26. The first kappa shape index (κ1) is 12.3. The van der Waals surface area contributed by atoms with Gasteiger partial charge in [0.15, 0.2) is 0 Å². The van der Waals surface area contributed by atoms with Crippen LogP contribution in [0.2, 0.25) is 0 Å². The van der Waals surface area contributed by atoms with E-state index in [1.54, 1.807) is 6.20 Å². The molecule has 0 unspecified atom stereocenters. The van der Waals surface area contributed by atoms with Gasteiger partial charge in [-0.15, -0.1) is 0 Å². The maximum atomic E-state index is 9.97. The van der Waals surface area contributed by atoms with Crippen LogP contribution in [0.15, 0.2) is 11.9 Å². The maximum Gasteiger partial charge on any atom is 0.105 e. The molecule has 0 bridgehead atoms. The van der Waals surface area contributed by atoms with Gasteiger partial charge in [-0.3, -0.25) is 0 Å². The van der Waals surface area contributed by atoms with Crippen LogP contribution in [-0.4, -0.2) is 22.3 Å². The molecule has 0 atom stereocenters. The Kier molecular flexibility index (Phi) is 4.80. The molecule has 4 nitrogen and oxygen atoms in total. The van der Waals surface area contributed by atoms with Crippen LogP contribution in [0.1, 0.15) is 33.6 Å². The van der Waals surface area contributed by atoms with Crippen LogP contribution in [-0.2, 0) is 0 Å². The van der Waals surface area contributed by atoms with Crippen molar-refractivity contribution in [3.63, 3.8) is 0 Å². The molecule has 0 amide bonds. The topological polar surface area (TPSA) is 75.5 Å². The third kappa shape index (κ3) is 3.24. The van der Waals surface area contributed by atoms with Crippen molar-refractivity contribution in [3.8, 4) is 0 Å². The van der Waals surface area contributed by atoms with Gasteiger partial charge in [0.05, 0.1) is 5.70 Å². The Hall–Kier alpha value is -0.740. The molecule has 0 rings (SSSR count). The number of rotatable bonds is 5. The molecule has 0 fully saturated rings. The zero-order chi connectivity index (χ0) is 10.5. The van der Waals surface area contributed by atoms with Crippen LogP contribution in [0.5, 0.6) is 0 Å². The summed E-state index contributed by atoms with van der Waals surface area (Å²) < 4.78 is 0. The van der Waals surface area contributed by atoms with Gasteiger partial charge < -0.3 is 15.8 Å². The van der Waals surface area contributed by atoms with E-state index in [-0.39, 0.29) is 0 Å². The molecule has 0 aliphatic carbocycles. The molecule has 78 valence electrons. The van der Waals surface area contributed by atoms with Crippen molar-refractivity contribution in [1.82, 2.24) is 5.01 Å². The van der Waals surface area contributed by atoms with E-state index < -0.39 is 5.60 Å². The Bertz CT molecular complexity index is 176. The lowest BCUT2D eigenvalue weighted by Gasteiger charge is -2.27. The molecule has 0 aromatic rings.